The Balaban J connectivity index is 2.32. The van der Waals surface area contributed by atoms with E-state index in [1.807, 2.05) is 0 Å². The van der Waals surface area contributed by atoms with E-state index in [0.717, 1.165) is 5.56 Å². The Morgan fingerprint density at radius 3 is 2.29 bits per heavy atom. The molecule has 0 aliphatic heterocycles. The Morgan fingerprint density at radius 2 is 1.71 bits per heavy atom. The van der Waals surface area contributed by atoms with E-state index in [4.69, 9.17) is 24.5 Å². The molecule has 31 heavy (non-hydrogen) atoms. The Labute approximate surface area is 181 Å². The van der Waals surface area contributed by atoms with Gasteiger partial charge >= 0.3 is 12.1 Å². The number of hydrogen-bond acceptors (Lipinski definition) is 7. The van der Waals surface area contributed by atoms with Gasteiger partial charge in [0.2, 0.25) is 0 Å². The zero-order valence-electron chi connectivity index (χ0n) is 18.1. The molecule has 11 nitrogen and oxygen atoms in total. The second kappa shape index (κ2) is 14.1. The summed E-state index contributed by atoms with van der Waals surface area (Å²) in [5.74, 6) is -0.532. The fraction of sp³-hybridized carbons (Fsp3) is 0.600. The summed E-state index contributed by atoms with van der Waals surface area (Å²) in [6.07, 6.45) is -0.668. The van der Waals surface area contributed by atoms with Crippen molar-refractivity contribution < 1.29 is 33.6 Å². The predicted octanol–water partition coefficient (Wildman–Crippen LogP) is 2.93. The molecule has 2 N–H and O–H groups in total. The number of amides is 1. The highest BCUT2D eigenvalue weighted by molar-refractivity contribution is 5.80. The number of azide groups is 1. The number of carboxylic acid groups (broad SMARTS) is 1. The highest BCUT2D eigenvalue weighted by atomic mass is 16.6. The minimum absolute atomic E-state index is 0.109. The predicted molar refractivity (Wildman–Crippen MR) is 112 cm³/mol. The summed E-state index contributed by atoms with van der Waals surface area (Å²) in [5.41, 5.74) is 8.14. The van der Waals surface area contributed by atoms with Crippen molar-refractivity contribution in [1.82, 2.24) is 5.32 Å². The third-order valence-electron chi connectivity index (χ3n) is 3.62. The first-order chi connectivity index (χ1) is 14.7. The monoisotopic (exact) mass is 438 g/mol. The summed E-state index contributed by atoms with van der Waals surface area (Å²) in [4.78, 5) is 25.9. The van der Waals surface area contributed by atoms with Crippen LogP contribution in [0.2, 0.25) is 0 Å². The van der Waals surface area contributed by atoms with E-state index in [-0.39, 0.29) is 6.42 Å². The third kappa shape index (κ3) is 13.0. The molecule has 1 rings (SSSR count). The summed E-state index contributed by atoms with van der Waals surface area (Å²) in [6.45, 7) is 7.28. The van der Waals surface area contributed by atoms with Gasteiger partial charge in [-0.1, -0.05) is 17.2 Å². The topological polar surface area (TPSA) is 152 Å². The number of rotatable bonds is 14. The van der Waals surface area contributed by atoms with Crippen molar-refractivity contribution >= 4 is 12.1 Å². The number of carboxylic acids is 1. The lowest BCUT2D eigenvalue weighted by Gasteiger charge is -2.22. The second-order valence-electron chi connectivity index (χ2n) is 7.41. The van der Waals surface area contributed by atoms with E-state index in [2.05, 4.69) is 15.3 Å². The lowest BCUT2D eigenvalue weighted by molar-refractivity contribution is -0.139. The molecule has 1 aromatic carbocycles. The number of carbonyl (C=O) groups excluding carboxylic acids is 1. The summed E-state index contributed by atoms with van der Waals surface area (Å²) < 4.78 is 21.2. The van der Waals surface area contributed by atoms with Crippen LogP contribution in [0.25, 0.3) is 10.4 Å². The number of benzene rings is 1. The molecule has 0 unspecified atom stereocenters. The minimum atomic E-state index is -1.15. The van der Waals surface area contributed by atoms with E-state index >= 15 is 0 Å². The lowest BCUT2D eigenvalue weighted by atomic mass is 10.1. The molecule has 1 atom stereocenters. The van der Waals surface area contributed by atoms with Crippen LogP contribution in [0.4, 0.5) is 4.79 Å². The molecule has 0 radical (unpaired) electrons. The van der Waals surface area contributed by atoms with Gasteiger partial charge in [-0.25, -0.2) is 9.59 Å². The molecule has 1 aromatic rings. The van der Waals surface area contributed by atoms with Crippen LogP contribution < -0.4 is 10.1 Å². The zero-order valence-corrected chi connectivity index (χ0v) is 18.1. The van der Waals surface area contributed by atoms with Crippen molar-refractivity contribution in [3.8, 4) is 5.75 Å². The molecule has 0 spiro atoms. The number of hydrogen-bond donors (Lipinski definition) is 2. The molecule has 0 aliphatic rings. The molecule has 1 amide bonds. The van der Waals surface area contributed by atoms with Gasteiger partial charge in [0.05, 0.1) is 26.4 Å². The van der Waals surface area contributed by atoms with E-state index in [1.54, 1.807) is 45.0 Å². The quantitative estimate of drug-likeness (QED) is 0.196. The van der Waals surface area contributed by atoms with Crippen molar-refractivity contribution in [1.29, 1.82) is 0 Å². The van der Waals surface area contributed by atoms with Gasteiger partial charge < -0.3 is 29.4 Å². The zero-order chi connectivity index (χ0) is 23.1. The SMILES string of the molecule is CC(C)(C)OC(=O)N[C@@H](Cc1ccc(OCCOCCOCCN=[N+]=[N-])cc1)C(=O)O. The summed E-state index contributed by atoms with van der Waals surface area (Å²) in [5, 5.41) is 15.1. The Morgan fingerprint density at radius 1 is 1.10 bits per heavy atom. The van der Waals surface area contributed by atoms with Crippen molar-refractivity contribution in [3.63, 3.8) is 0 Å². The second-order valence-corrected chi connectivity index (χ2v) is 7.41. The van der Waals surface area contributed by atoms with E-state index in [0.29, 0.717) is 45.3 Å². The number of alkyl carbamates (subject to hydrolysis) is 1. The fourth-order valence-electron chi connectivity index (χ4n) is 2.30. The number of ether oxygens (including phenoxy) is 4. The van der Waals surface area contributed by atoms with Crippen LogP contribution in [0.15, 0.2) is 29.4 Å². The number of carbonyl (C=O) groups is 2. The van der Waals surface area contributed by atoms with Crippen LogP contribution in [0.3, 0.4) is 0 Å². The largest absolute Gasteiger partial charge is 0.491 e. The van der Waals surface area contributed by atoms with Crippen LogP contribution in [-0.4, -0.2) is 68.4 Å². The van der Waals surface area contributed by atoms with Crippen LogP contribution >= 0.6 is 0 Å². The van der Waals surface area contributed by atoms with Crippen LogP contribution in [-0.2, 0) is 25.4 Å². The van der Waals surface area contributed by atoms with E-state index in [1.165, 1.54) is 0 Å². The maximum Gasteiger partial charge on any atom is 0.408 e. The highest BCUT2D eigenvalue weighted by Crippen LogP contribution is 2.14. The Kier molecular flexibility index (Phi) is 11.8. The minimum Gasteiger partial charge on any atom is -0.491 e. The standard InChI is InChI=1S/C20H30N4O7/c1-20(2,3)31-19(27)23-17(18(25)26)14-15-4-6-16(7-5-15)30-13-12-29-11-10-28-9-8-22-24-21/h4-7,17H,8-14H2,1-3H3,(H,23,27)(H,25,26)/t17-/m0/s1. The molecule has 0 aliphatic carbocycles. The first-order valence-electron chi connectivity index (χ1n) is 9.81. The third-order valence-corrected chi connectivity index (χ3v) is 3.62. The van der Waals surface area contributed by atoms with Crippen molar-refractivity contribution in [3.05, 3.63) is 40.3 Å². The molecule has 0 heterocycles. The van der Waals surface area contributed by atoms with Crippen LogP contribution in [0, 0.1) is 0 Å². The normalized spacial score (nSPS) is 11.8. The van der Waals surface area contributed by atoms with Gasteiger partial charge in [0, 0.05) is 17.9 Å². The van der Waals surface area contributed by atoms with Crippen molar-refractivity contribution in [2.24, 2.45) is 5.11 Å². The molecule has 0 fully saturated rings. The van der Waals surface area contributed by atoms with E-state index < -0.39 is 23.7 Å². The molecule has 172 valence electrons. The van der Waals surface area contributed by atoms with Crippen LogP contribution in [0.1, 0.15) is 26.3 Å². The molecule has 0 bridgehead atoms. The molecule has 11 heteroatoms. The van der Waals surface area contributed by atoms with Crippen molar-refractivity contribution in [2.45, 2.75) is 38.8 Å². The van der Waals surface area contributed by atoms with Crippen molar-refractivity contribution in [2.75, 3.05) is 39.6 Å². The van der Waals surface area contributed by atoms with Gasteiger partial charge in [-0.2, -0.15) is 0 Å². The summed E-state index contributed by atoms with van der Waals surface area (Å²) in [6, 6.07) is 5.81. The Bertz CT molecular complexity index is 728. The molecule has 0 saturated carbocycles. The van der Waals surface area contributed by atoms with Gasteiger partial charge in [-0.15, -0.1) is 0 Å². The highest BCUT2D eigenvalue weighted by Gasteiger charge is 2.24. The van der Waals surface area contributed by atoms with Gasteiger partial charge in [0.1, 0.15) is 24.0 Å². The maximum absolute atomic E-state index is 11.8. The van der Waals surface area contributed by atoms with E-state index in [9.17, 15) is 14.7 Å². The molecule has 0 aromatic heterocycles. The van der Waals surface area contributed by atoms with Gasteiger partial charge in [0.15, 0.2) is 0 Å². The molecular weight excluding hydrogens is 408 g/mol. The number of nitrogens with one attached hydrogen (secondary N) is 1. The molecule has 0 saturated heterocycles. The summed E-state index contributed by atoms with van der Waals surface area (Å²) in [7, 11) is 0. The lowest BCUT2D eigenvalue weighted by Crippen LogP contribution is -2.44. The number of nitrogens with zero attached hydrogens (tertiary/aromatic N) is 3. The average Bonchev–Trinajstić information content (AvgIpc) is 2.68. The van der Waals surface area contributed by atoms with Gasteiger partial charge in [0.25, 0.3) is 0 Å². The number of aliphatic carboxylic acids is 1. The summed E-state index contributed by atoms with van der Waals surface area (Å²) >= 11 is 0. The van der Waals surface area contributed by atoms with Gasteiger partial charge in [-0.05, 0) is 44.0 Å². The molecular formula is C20H30N4O7. The fourth-order valence-corrected chi connectivity index (χ4v) is 2.30. The first kappa shape index (κ1) is 26.0. The maximum atomic E-state index is 11.8. The van der Waals surface area contributed by atoms with Gasteiger partial charge in [-0.3, -0.25) is 0 Å². The first-order valence-corrected chi connectivity index (χ1v) is 9.81. The average molecular weight is 438 g/mol. The van der Waals surface area contributed by atoms with Crippen LogP contribution in [0.5, 0.6) is 5.75 Å². The smallest absolute Gasteiger partial charge is 0.408 e. The Hall–Kier alpha value is -3.01.